The van der Waals surface area contributed by atoms with Crippen LogP contribution in [0.15, 0.2) is 53.6 Å². The van der Waals surface area contributed by atoms with Crippen molar-refractivity contribution in [2.75, 3.05) is 0 Å². The molecule has 0 saturated heterocycles. The summed E-state index contributed by atoms with van der Waals surface area (Å²) in [7, 11) is 0. The number of Topliss-reactive ketones (excluding diaryl/α,β-unsaturated/α-hetero) is 1. The number of esters is 1. The van der Waals surface area contributed by atoms with Crippen LogP contribution < -0.4 is 9.47 Å². The molecule has 0 spiro atoms. The minimum absolute atomic E-state index is 0.179. The van der Waals surface area contributed by atoms with E-state index in [1.165, 1.54) is 0 Å². The Morgan fingerprint density at radius 3 is 2.54 bits per heavy atom. The number of ketones is 1. The highest BCUT2D eigenvalue weighted by molar-refractivity contribution is 7.11. The topological polar surface area (TPSA) is 52.6 Å². The number of hydrogen-bond acceptors (Lipinski definition) is 5. The third-order valence-corrected chi connectivity index (χ3v) is 5.70. The molecule has 4 rings (SSSR count). The number of hydrogen-bond donors (Lipinski definition) is 0. The summed E-state index contributed by atoms with van der Waals surface area (Å²) in [6.07, 6.45) is 1.75. The van der Waals surface area contributed by atoms with Crippen LogP contribution in [0.4, 0.5) is 0 Å². The molecule has 140 valence electrons. The van der Waals surface area contributed by atoms with Gasteiger partial charge in [-0.15, -0.1) is 11.3 Å². The highest BCUT2D eigenvalue weighted by atomic mass is 35.5. The lowest BCUT2D eigenvalue weighted by atomic mass is 10.1. The lowest BCUT2D eigenvalue weighted by molar-refractivity contribution is 0.0733. The second-order valence-electron chi connectivity index (χ2n) is 6.37. The van der Waals surface area contributed by atoms with Crippen molar-refractivity contribution in [2.45, 2.75) is 13.8 Å². The Balaban J connectivity index is 1.62. The van der Waals surface area contributed by atoms with Gasteiger partial charge in [0.2, 0.25) is 5.78 Å². The zero-order valence-corrected chi connectivity index (χ0v) is 16.7. The molecule has 0 unspecified atom stereocenters. The van der Waals surface area contributed by atoms with Gasteiger partial charge in [-0.05, 0) is 67.3 Å². The van der Waals surface area contributed by atoms with Crippen LogP contribution >= 0.6 is 22.9 Å². The van der Waals surface area contributed by atoms with E-state index in [1.54, 1.807) is 60.7 Å². The van der Waals surface area contributed by atoms with Gasteiger partial charge < -0.3 is 9.47 Å². The summed E-state index contributed by atoms with van der Waals surface area (Å²) in [5, 5.41) is 2.51. The molecule has 3 aromatic rings. The van der Waals surface area contributed by atoms with Crippen LogP contribution in [0.3, 0.4) is 0 Å². The molecular weight excluding hydrogens is 396 g/mol. The van der Waals surface area contributed by atoms with Gasteiger partial charge in [0.25, 0.3) is 0 Å². The van der Waals surface area contributed by atoms with Gasteiger partial charge >= 0.3 is 5.97 Å². The molecule has 2 heterocycles. The Kier molecular flexibility index (Phi) is 4.79. The zero-order chi connectivity index (χ0) is 19.8. The molecule has 0 fully saturated rings. The number of carbonyl (C=O) groups excluding carboxylic acids is 2. The molecular formula is C22H15ClO4S. The van der Waals surface area contributed by atoms with Gasteiger partial charge in [0.1, 0.15) is 11.5 Å². The number of rotatable bonds is 3. The minimum Gasteiger partial charge on any atom is -0.452 e. The minimum atomic E-state index is -0.506. The first-order valence-electron chi connectivity index (χ1n) is 8.53. The smallest absolute Gasteiger partial charge is 0.343 e. The summed E-state index contributed by atoms with van der Waals surface area (Å²) in [5.74, 6) is 0.354. The first-order valence-corrected chi connectivity index (χ1v) is 9.79. The van der Waals surface area contributed by atoms with Crippen molar-refractivity contribution in [3.05, 3.63) is 85.8 Å². The molecule has 0 aliphatic carbocycles. The number of ether oxygens (including phenoxy) is 2. The predicted molar refractivity (Wildman–Crippen MR) is 110 cm³/mol. The van der Waals surface area contributed by atoms with Crippen LogP contribution in [-0.2, 0) is 0 Å². The van der Waals surface area contributed by atoms with Crippen LogP contribution in [0.2, 0.25) is 5.02 Å². The number of carbonyl (C=O) groups is 2. The summed E-state index contributed by atoms with van der Waals surface area (Å²) < 4.78 is 11.3. The SMILES string of the molecule is Cc1ccsc1/C=C1\Oc2c(ccc(OC(=O)c3ccc(Cl)cc3)c2C)C1=O. The first kappa shape index (κ1) is 18.5. The fraction of sp³-hybridized carbons (Fsp3) is 0.0909. The number of halogens is 1. The predicted octanol–water partition coefficient (Wildman–Crippen LogP) is 5.85. The summed E-state index contributed by atoms with van der Waals surface area (Å²) in [5.41, 5.74) is 2.53. The molecule has 1 aliphatic heterocycles. The van der Waals surface area contributed by atoms with Crippen molar-refractivity contribution in [3.63, 3.8) is 0 Å². The monoisotopic (exact) mass is 410 g/mol. The maximum atomic E-state index is 12.7. The first-order chi connectivity index (χ1) is 13.4. The largest absolute Gasteiger partial charge is 0.452 e. The summed E-state index contributed by atoms with van der Waals surface area (Å²) in [4.78, 5) is 26.0. The van der Waals surface area contributed by atoms with Crippen LogP contribution in [0.1, 0.15) is 36.7 Å². The van der Waals surface area contributed by atoms with Gasteiger partial charge in [-0.25, -0.2) is 4.79 Å². The molecule has 0 atom stereocenters. The van der Waals surface area contributed by atoms with Crippen molar-refractivity contribution in [1.82, 2.24) is 0 Å². The summed E-state index contributed by atoms with van der Waals surface area (Å²) >= 11 is 7.39. The quantitative estimate of drug-likeness (QED) is 0.308. The average molecular weight is 411 g/mol. The van der Waals surface area contributed by atoms with E-state index in [9.17, 15) is 9.59 Å². The third-order valence-electron chi connectivity index (χ3n) is 4.48. The van der Waals surface area contributed by atoms with Crippen molar-refractivity contribution >= 4 is 40.8 Å². The van der Waals surface area contributed by atoms with E-state index in [0.717, 1.165) is 10.4 Å². The Morgan fingerprint density at radius 1 is 1.11 bits per heavy atom. The normalized spacial score (nSPS) is 14.1. The van der Waals surface area contributed by atoms with Gasteiger partial charge in [0.05, 0.1) is 11.1 Å². The molecule has 1 aromatic heterocycles. The highest BCUT2D eigenvalue weighted by Crippen LogP contribution is 2.40. The van der Waals surface area contributed by atoms with Crippen LogP contribution in [-0.4, -0.2) is 11.8 Å². The molecule has 0 N–H and O–H groups in total. The van der Waals surface area contributed by atoms with Crippen LogP contribution in [0.25, 0.3) is 6.08 Å². The fourth-order valence-corrected chi connectivity index (χ4v) is 3.85. The molecule has 0 amide bonds. The van der Waals surface area contributed by atoms with Crippen molar-refractivity contribution in [2.24, 2.45) is 0 Å². The van der Waals surface area contributed by atoms with E-state index < -0.39 is 5.97 Å². The Morgan fingerprint density at radius 2 is 1.86 bits per heavy atom. The van der Waals surface area contributed by atoms with Crippen LogP contribution in [0.5, 0.6) is 11.5 Å². The zero-order valence-electron chi connectivity index (χ0n) is 15.1. The van der Waals surface area contributed by atoms with Gasteiger partial charge in [-0.2, -0.15) is 0 Å². The van der Waals surface area contributed by atoms with Crippen molar-refractivity contribution in [3.8, 4) is 11.5 Å². The maximum Gasteiger partial charge on any atom is 0.343 e. The van der Waals surface area contributed by atoms with E-state index in [1.807, 2.05) is 18.4 Å². The molecule has 0 radical (unpaired) electrons. The number of benzene rings is 2. The van der Waals surface area contributed by atoms with E-state index in [4.69, 9.17) is 21.1 Å². The van der Waals surface area contributed by atoms with Gasteiger partial charge in [-0.3, -0.25) is 4.79 Å². The van der Waals surface area contributed by atoms with Gasteiger partial charge in [0.15, 0.2) is 5.76 Å². The van der Waals surface area contributed by atoms with Crippen molar-refractivity contribution in [1.29, 1.82) is 0 Å². The average Bonchev–Trinajstić information content (AvgIpc) is 3.22. The number of aryl methyl sites for hydroxylation is 1. The van der Waals surface area contributed by atoms with E-state index in [0.29, 0.717) is 33.2 Å². The Labute approximate surface area is 171 Å². The maximum absolute atomic E-state index is 12.7. The lowest BCUT2D eigenvalue weighted by Crippen LogP contribution is -2.09. The van der Waals surface area contributed by atoms with Gasteiger partial charge in [-0.1, -0.05) is 11.6 Å². The second-order valence-corrected chi connectivity index (χ2v) is 7.75. The fourth-order valence-electron chi connectivity index (χ4n) is 2.87. The molecule has 0 bridgehead atoms. The summed E-state index contributed by atoms with van der Waals surface area (Å²) in [6.45, 7) is 3.74. The van der Waals surface area contributed by atoms with Gasteiger partial charge in [0, 0.05) is 21.5 Å². The molecule has 2 aromatic carbocycles. The van der Waals surface area contributed by atoms with E-state index >= 15 is 0 Å². The van der Waals surface area contributed by atoms with Crippen molar-refractivity contribution < 1.29 is 19.1 Å². The summed E-state index contributed by atoms with van der Waals surface area (Å²) in [6, 6.07) is 11.7. The third kappa shape index (κ3) is 3.35. The second kappa shape index (κ2) is 7.26. The number of thiophene rings is 1. The standard InChI is InChI=1S/C22H15ClO4S/c1-12-9-10-28-19(12)11-18-20(24)16-7-8-17(13(2)21(16)26-18)27-22(25)14-3-5-15(23)6-4-14/h3-11H,1-2H3/b18-11-. The van der Waals surface area contributed by atoms with E-state index in [-0.39, 0.29) is 11.5 Å². The Bertz CT molecular complexity index is 1130. The number of fused-ring (bicyclic) bond motifs is 1. The lowest BCUT2D eigenvalue weighted by Gasteiger charge is -2.10. The molecule has 28 heavy (non-hydrogen) atoms. The molecule has 1 aliphatic rings. The highest BCUT2D eigenvalue weighted by Gasteiger charge is 2.30. The molecule has 0 saturated carbocycles. The molecule has 4 nitrogen and oxygen atoms in total. The Hall–Kier alpha value is -2.89. The van der Waals surface area contributed by atoms with Crippen LogP contribution in [0, 0.1) is 13.8 Å². The number of allylic oxidation sites excluding steroid dienone is 1. The van der Waals surface area contributed by atoms with E-state index in [2.05, 4.69) is 0 Å². The molecule has 6 heteroatoms.